The maximum absolute atomic E-state index is 12.9. The Bertz CT molecular complexity index is 1060. The molecule has 0 atom stereocenters. The van der Waals surface area contributed by atoms with E-state index in [9.17, 15) is 22.8 Å². The summed E-state index contributed by atoms with van der Waals surface area (Å²) in [6, 6.07) is 8.38. The first-order valence-corrected chi connectivity index (χ1v) is 9.03. The van der Waals surface area contributed by atoms with Crippen molar-refractivity contribution in [1.29, 1.82) is 0 Å². The molecule has 0 bridgehead atoms. The fourth-order valence-corrected chi connectivity index (χ4v) is 2.92. The Morgan fingerprint density at radius 1 is 1.10 bits per heavy atom. The Kier molecular flexibility index (Phi) is 6.22. The van der Waals surface area contributed by atoms with E-state index in [0.29, 0.717) is 5.56 Å². The predicted molar refractivity (Wildman–Crippen MR) is 106 cm³/mol. The van der Waals surface area contributed by atoms with Crippen LogP contribution in [0.25, 0.3) is 0 Å². The van der Waals surface area contributed by atoms with Gasteiger partial charge in [-0.1, -0.05) is 29.8 Å². The van der Waals surface area contributed by atoms with Crippen molar-refractivity contribution in [3.8, 4) is 5.75 Å². The smallest absolute Gasteiger partial charge is 0.404 e. The Hall–Kier alpha value is -3.51. The maximum atomic E-state index is 12.9. The van der Waals surface area contributed by atoms with Crippen molar-refractivity contribution in [2.24, 2.45) is 5.10 Å². The molecule has 0 aromatic heterocycles. The highest BCUT2D eigenvalue weighted by atomic mass is 35.5. The van der Waals surface area contributed by atoms with Crippen LogP contribution in [0.15, 0.2) is 41.5 Å². The highest BCUT2D eigenvalue weighted by molar-refractivity contribution is 6.37. The average molecular weight is 457 g/mol. The summed E-state index contributed by atoms with van der Waals surface area (Å²) in [5, 5.41) is 9.40. The lowest BCUT2D eigenvalue weighted by Gasteiger charge is -2.18. The molecule has 0 unspecified atom stereocenters. The summed E-state index contributed by atoms with van der Waals surface area (Å²) in [7, 11) is 1.55. The van der Waals surface area contributed by atoms with Crippen LogP contribution in [0.4, 0.5) is 18.9 Å². The number of nitrogens with one attached hydrogen (secondary N) is 4. The first kappa shape index (κ1) is 22.2. The normalized spacial score (nSPS) is 13.4. The van der Waals surface area contributed by atoms with Gasteiger partial charge in [-0.25, -0.2) is 5.53 Å². The van der Waals surface area contributed by atoms with Crippen LogP contribution < -0.4 is 26.4 Å². The SMILES string of the molecule is Cc1ccccc1C(=O)Nc1c(OC(F)(F)F)ccc(C(=O)NC2=NNNN2C)c1Cl. The van der Waals surface area contributed by atoms with Gasteiger partial charge in [-0.3, -0.25) is 19.9 Å². The van der Waals surface area contributed by atoms with Crippen LogP contribution in [-0.2, 0) is 0 Å². The number of guanidine groups is 1. The van der Waals surface area contributed by atoms with Crippen LogP contribution in [0.5, 0.6) is 5.75 Å². The number of nitrogens with zero attached hydrogens (tertiary/aromatic N) is 2. The third-order valence-electron chi connectivity index (χ3n) is 4.12. The molecule has 4 N–H and O–H groups in total. The molecule has 3 rings (SSSR count). The molecule has 1 heterocycles. The van der Waals surface area contributed by atoms with Gasteiger partial charge in [-0.15, -0.1) is 23.8 Å². The molecule has 0 saturated heterocycles. The van der Waals surface area contributed by atoms with Crippen LogP contribution in [0.2, 0.25) is 5.02 Å². The second kappa shape index (κ2) is 8.70. The number of ether oxygens (including phenoxy) is 1. The van der Waals surface area contributed by atoms with Crippen LogP contribution in [-0.4, -0.2) is 36.2 Å². The summed E-state index contributed by atoms with van der Waals surface area (Å²) in [5.74, 6) is -2.18. The lowest BCUT2D eigenvalue weighted by molar-refractivity contribution is -0.274. The van der Waals surface area contributed by atoms with Gasteiger partial charge in [-0.2, -0.15) is 0 Å². The molecule has 0 radical (unpaired) electrons. The Morgan fingerprint density at radius 3 is 2.39 bits per heavy atom. The fraction of sp³-hybridized carbons (Fsp3) is 0.167. The number of rotatable bonds is 4. The number of carbonyl (C=O) groups excluding carboxylic acids is 2. The lowest BCUT2D eigenvalue weighted by atomic mass is 10.1. The maximum Gasteiger partial charge on any atom is 0.573 e. The zero-order valence-electron chi connectivity index (χ0n) is 16.1. The molecule has 0 fully saturated rings. The minimum Gasteiger partial charge on any atom is -0.404 e. The van der Waals surface area contributed by atoms with E-state index >= 15 is 0 Å². The van der Waals surface area contributed by atoms with Gasteiger partial charge < -0.3 is 10.1 Å². The molecule has 164 valence electrons. The number of halogens is 4. The molecule has 13 heteroatoms. The number of hydrazone groups is 1. The number of hydrazine groups is 2. The third-order valence-corrected chi connectivity index (χ3v) is 4.52. The van der Waals surface area contributed by atoms with Crippen molar-refractivity contribution in [2.45, 2.75) is 13.3 Å². The third kappa shape index (κ3) is 5.16. The number of carbonyl (C=O) groups is 2. The first-order valence-electron chi connectivity index (χ1n) is 8.65. The van der Waals surface area contributed by atoms with E-state index in [1.807, 2.05) is 0 Å². The van der Waals surface area contributed by atoms with E-state index in [1.54, 1.807) is 32.2 Å². The van der Waals surface area contributed by atoms with Gasteiger partial charge in [0.1, 0.15) is 5.69 Å². The summed E-state index contributed by atoms with van der Waals surface area (Å²) in [4.78, 5) is 25.2. The second-order valence-corrected chi connectivity index (χ2v) is 6.67. The molecule has 31 heavy (non-hydrogen) atoms. The van der Waals surface area contributed by atoms with Crippen molar-refractivity contribution in [1.82, 2.24) is 21.4 Å². The highest BCUT2D eigenvalue weighted by Crippen LogP contribution is 2.38. The number of hydrogen-bond acceptors (Lipinski definition) is 7. The van der Waals surface area contributed by atoms with Gasteiger partial charge in [-0.05, 0) is 30.7 Å². The zero-order valence-corrected chi connectivity index (χ0v) is 16.9. The highest BCUT2D eigenvalue weighted by Gasteiger charge is 2.34. The van der Waals surface area contributed by atoms with Gasteiger partial charge in [0.05, 0.1) is 10.6 Å². The van der Waals surface area contributed by atoms with Crippen molar-refractivity contribution in [3.63, 3.8) is 0 Å². The summed E-state index contributed by atoms with van der Waals surface area (Å²) >= 11 is 6.22. The van der Waals surface area contributed by atoms with Gasteiger partial charge in [0.15, 0.2) is 5.75 Å². The molecule has 1 aliphatic heterocycles. The molecule has 0 aliphatic carbocycles. The van der Waals surface area contributed by atoms with E-state index in [-0.39, 0.29) is 17.1 Å². The average Bonchev–Trinajstić information content (AvgIpc) is 3.08. The summed E-state index contributed by atoms with van der Waals surface area (Å²) < 4.78 is 42.6. The van der Waals surface area contributed by atoms with E-state index in [0.717, 1.165) is 12.1 Å². The van der Waals surface area contributed by atoms with Crippen LogP contribution in [0.1, 0.15) is 26.3 Å². The van der Waals surface area contributed by atoms with E-state index in [4.69, 9.17) is 11.6 Å². The lowest BCUT2D eigenvalue weighted by Crippen LogP contribution is -2.45. The van der Waals surface area contributed by atoms with E-state index in [1.165, 1.54) is 11.1 Å². The van der Waals surface area contributed by atoms with Gasteiger partial charge in [0.25, 0.3) is 11.8 Å². The Labute approximate surface area is 179 Å². The number of amides is 2. The number of aryl methyl sites for hydroxylation is 1. The molecule has 0 saturated carbocycles. The quantitative estimate of drug-likeness (QED) is 0.563. The minimum absolute atomic E-state index is 0.0854. The van der Waals surface area contributed by atoms with E-state index < -0.39 is 34.6 Å². The monoisotopic (exact) mass is 456 g/mol. The van der Waals surface area contributed by atoms with Crippen LogP contribution >= 0.6 is 11.6 Å². The van der Waals surface area contributed by atoms with Crippen LogP contribution in [0.3, 0.4) is 0 Å². The van der Waals surface area contributed by atoms with Crippen molar-refractivity contribution < 1.29 is 27.5 Å². The number of hydrogen-bond donors (Lipinski definition) is 4. The number of benzene rings is 2. The fourth-order valence-electron chi connectivity index (χ4n) is 2.63. The van der Waals surface area contributed by atoms with Crippen molar-refractivity contribution >= 4 is 35.1 Å². The zero-order chi connectivity index (χ0) is 22.8. The van der Waals surface area contributed by atoms with Crippen molar-refractivity contribution in [2.75, 3.05) is 12.4 Å². The summed E-state index contributed by atoms with van der Waals surface area (Å²) in [6.07, 6.45) is -5.05. The van der Waals surface area contributed by atoms with Crippen LogP contribution in [0, 0.1) is 6.92 Å². The number of anilines is 1. The van der Waals surface area contributed by atoms with Gasteiger partial charge >= 0.3 is 6.36 Å². The molecular weight excluding hydrogens is 441 g/mol. The molecule has 9 nitrogen and oxygen atoms in total. The summed E-state index contributed by atoms with van der Waals surface area (Å²) in [5.41, 5.74) is 5.06. The Balaban J connectivity index is 1.97. The Morgan fingerprint density at radius 2 is 1.77 bits per heavy atom. The molecular formula is C18H16ClF3N6O3. The molecule has 2 aromatic carbocycles. The standard InChI is InChI=1S/C18H16ClF3N6O3/c1-9-5-3-4-6-10(9)15(29)23-14-12(31-18(20,21)22)8-7-11(13(14)19)16(30)24-17-25-26-27-28(17)2/h3-8,26-27H,1-2H3,(H,23,29)(H,24,25,30). The van der Waals surface area contributed by atoms with Crippen molar-refractivity contribution in [3.05, 3.63) is 58.1 Å². The van der Waals surface area contributed by atoms with Gasteiger partial charge in [0, 0.05) is 12.6 Å². The topological polar surface area (TPSA) is 107 Å². The van der Waals surface area contributed by atoms with E-state index in [2.05, 4.69) is 31.5 Å². The minimum atomic E-state index is -5.05. The first-order chi connectivity index (χ1) is 14.6. The molecule has 2 amide bonds. The second-order valence-electron chi connectivity index (χ2n) is 6.29. The number of alkyl halides is 3. The summed E-state index contributed by atoms with van der Waals surface area (Å²) in [6.45, 7) is 1.66. The van der Waals surface area contributed by atoms with Gasteiger partial charge in [0.2, 0.25) is 5.96 Å². The predicted octanol–water partition coefficient (Wildman–Crippen LogP) is 2.75. The molecule has 0 spiro atoms. The largest absolute Gasteiger partial charge is 0.573 e. The molecule has 1 aliphatic rings. The molecule has 2 aromatic rings.